The van der Waals surface area contributed by atoms with E-state index < -0.39 is 5.97 Å². The number of aliphatic carboxylic acids is 1. The van der Waals surface area contributed by atoms with E-state index in [1.165, 1.54) is 0 Å². The van der Waals surface area contributed by atoms with Gasteiger partial charge in [-0.3, -0.25) is 9.59 Å². The van der Waals surface area contributed by atoms with Crippen LogP contribution >= 0.6 is 11.8 Å². The fraction of sp³-hybridized carbons (Fsp3) is 0.615. The van der Waals surface area contributed by atoms with Crippen LogP contribution in [0.5, 0.6) is 0 Å². The molecule has 1 fully saturated rings. The number of hydrogen-bond donors (Lipinski definition) is 1. The molecule has 1 amide bonds. The summed E-state index contributed by atoms with van der Waals surface area (Å²) in [5.74, 6) is 0.941. The molecule has 1 aromatic heterocycles. The Bertz CT molecular complexity index is 514. The standard InChI is InChI=1S/C13H18N2O4S/c1-3-10-12(8(2)19-14-10)13(18)15-4-5-20-7-9(15)6-11(16)17/h9H,3-7H2,1-2H3,(H,16,17). The largest absolute Gasteiger partial charge is 0.481 e. The zero-order valence-electron chi connectivity index (χ0n) is 11.6. The van der Waals surface area contributed by atoms with Gasteiger partial charge in [-0.25, -0.2) is 0 Å². The SMILES string of the molecule is CCc1noc(C)c1C(=O)N1CCSCC1CC(=O)O. The zero-order chi connectivity index (χ0) is 14.7. The number of aromatic nitrogens is 1. The molecule has 0 radical (unpaired) electrons. The third-order valence-electron chi connectivity index (χ3n) is 3.38. The van der Waals surface area contributed by atoms with Gasteiger partial charge in [-0.2, -0.15) is 11.8 Å². The number of thioether (sulfide) groups is 1. The van der Waals surface area contributed by atoms with Gasteiger partial charge in [0, 0.05) is 18.1 Å². The minimum Gasteiger partial charge on any atom is -0.481 e. The van der Waals surface area contributed by atoms with Crippen molar-refractivity contribution in [3.63, 3.8) is 0 Å². The average molecular weight is 298 g/mol. The van der Waals surface area contributed by atoms with Crippen LogP contribution in [-0.2, 0) is 11.2 Å². The van der Waals surface area contributed by atoms with E-state index >= 15 is 0 Å². The molecule has 0 bridgehead atoms. The van der Waals surface area contributed by atoms with Gasteiger partial charge in [0.15, 0.2) is 0 Å². The van der Waals surface area contributed by atoms with Crippen molar-refractivity contribution in [1.82, 2.24) is 10.1 Å². The van der Waals surface area contributed by atoms with E-state index in [2.05, 4.69) is 5.16 Å². The molecule has 0 spiro atoms. The molecule has 0 saturated carbocycles. The third kappa shape index (κ3) is 2.98. The van der Waals surface area contributed by atoms with Gasteiger partial charge in [0.05, 0.1) is 18.2 Å². The molecule has 6 nitrogen and oxygen atoms in total. The quantitative estimate of drug-likeness (QED) is 0.908. The number of hydrogen-bond acceptors (Lipinski definition) is 5. The molecule has 1 aromatic rings. The van der Waals surface area contributed by atoms with Crippen LogP contribution in [0.3, 0.4) is 0 Å². The second-order valence-corrected chi connectivity index (χ2v) is 5.89. The molecule has 1 saturated heterocycles. The summed E-state index contributed by atoms with van der Waals surface area (Å²) >= 11 is 1.68. The highest BCUT2D eigenvalue weighted by molar-refractivity contribution is 7.99. The number of rotatable bonds is 4. The molecule has 2 rings (SSSR count). The van der Waals surface area contributed by atoms with Crippen molar-refractivity contribution in [3.05, 3.63) is 17.0 Å². The number of aryl methyl sites for hydroxylation is 2. The Morgan fingerprint density at radius 2 is 2.30 bits per heavy atom. The zero-order valence-corrected chi connectivity index (χ0v) is 12.4. The van der Waals surface area contributed by atoms with Gasteiger partial charge in [0.1, 0.15) is 11.3 Å². The second kappa shape index (κ2) is 6.30. The minimum atomic E-state index is -0.881. The van der Waals surface area contributed by atoms with Crippen LogP contribution in [0.2, 0.25) is 0 Å². The molecule has 110 valence electrons. The lowest BCUT2D eigenvalue weighted by Crippen LogP contribution is -2.47. The molecule has 2 heterocycles. The predicted molar refractivity (Wildman–Crippen MR) is 75.0 cm³/mol. The van der Waals surface area contributed by atoms with E-state index in [9.17, 15) is 9.59 Å². The number of carbonyl (C=O) groups excluding carboxylic acids is 1. The van der Waals surface area contributed by atoms with Crippen molar-refractivity contribution in [2.45, 2.75) is 32.7 Å². The van der Waals surface area contributed by atoms with Crippen molar-refractivity contribution in [1.29, 1.82) is 0 Å². The Morgan fingerprint density at radius 3 is 2.95 bits per heavy atom. The highest BCUT2D eigenvalue weighted by Gasteiger charge is 2.32. The van der Waals surface area contributed by atoms with Crippen LogP contribution in [0.1, 0.15) is 35.2 Å². The molecule has 20 heavy (non-hydrogen) atoms. The van der Waals surface area contributed by atoms with E-state index in [0.717, 1.165) is 5.75 Å². The summed E-state index contributed by atoms with van der Waals surface area (Å²) in [5, 5.41) is 12.9. The molecule has 1 aliphatic heterocycles. The molecule has 1 atom stereocenters. The lowest BCUT2D eigenvalue weighted by atomic mass is 10.1. The van der Waals surface area contributed by atoms with Crippen LogP contribution in [0.25, 0.3) is 0 Å². The topological polar surface area (TPSA) is 83.6 Å². The fourth-order valence-electron chi connectivity index (χ4n) is 2.37. The van der Waals surface area contributed by atoms with Gasteiger partial charge in [-0.15, -0.1) is 0 Å². The van der Waals surface area contributed by atoms with Crippen molar-refractivity contribution < 1.29 is 19.2 Å². The van der Waals surface area contributed by atoms with E-state index in [1.54, 1.807) is 23.6 Å². The van der Waals surface area contributed by atoms with Gasteiger partial charge >= 0.3 is 5.97 Å². The van der Waals surface area contributed by atoms with Crippen LogP contribution in [0.4, 0.5) is 0 Å². The molecule has 1 aliphatic rings. The van der Waals surface area contributed by atoms with Crippen molar-refractivity contribution in [3.8, 4) is 0 Å². The number of amides is 1. The summed E-state index contributed by atoms with van der Waals surface area (Å²) in [6, 6.07) is -0.266. The molecule has 1 N–H and O–H groups in total. The number of carbonyl (C=O) groups is 2. The summed E-state index contributed by atoms with van der Waals surface area (Å²) in [5.41, 5.74) is 1.13. The number of carboxylic acid groups (broad SMARTS) is 1. The number of carboxylic acids is 1. The Balaban J connectivity index is 2.25. The van der Waals surface area contributed by atoms with Gasteiger partial charge in [0.25, 0.3) is 5.91 Å². The third-order valence-corrected chi connectivity index (χ3v) is 4.47. The van der Waals surface area contributed by atoms with E-state index in [4.69, 9.17) is 9.63 Å². The monoisotopic (exact) mass is 298 g/mol. The molecule has 1 unspecified atom stereocenters. The lowest BCUT2D eigenvalue weighted by Gasteiger charge is -2.34. The molecule has 0 aliphatic carbocycles. The van der Waals surface area contributed by atoms with Gasteiger partial charge in [-0.05, 0) is 13.3 Å². The first kappa shape index (κ1) is 14.9. The first-order valence-electron chi connectivity index (χ1n) is 6.60. The maximum atomic E-state index is 12.7. The highest BCUT2D eigenvalue weighted by atomic mass is 32.2. The summed E-state index contributed by atoms with van der Waals surface area (Å²) in [7, 11) is 0. The lowest BCUT2D eigenvalue weighted by molar-refractivity contribution is -0.138. The van der Waals surface area contributed by atoms with E-state index in [-0.39, 0.29) is 18.4 Å². The van der Waals surface area contributed by atoms with E-state index in [1.807, 2.05) is 6.92 Å². The molecule has 0 aromatic carbocycles. The summed E-state index contributed by atoms with van der Waals surface area (Å²) in [6.45, 7) is 4.19. The van der Waals surface area contributed by atoms with Gasteiger partial charge in [0.2, 0.25) is 0 Å². The maximum absolute atomic E-state index is 12.7. The highest BCUT2D eigenvalue weighted by Crippen LogP contribution is 2.24. The van der Waals surface area contributed by atoms with Gasteiger partial charge in [-0.1, -0.05) is 12.1 Å². The molecular formula is C13H18N2O4S. The van der Waals surface area contributed by atoms with Gasteiger partial charge < -0.3 is 14.5 Å². The fourth-order valence-corrected chi connectivity index (χ4v) is 3.43. The summed E-state index contributed by atoms with van der Waals surface area (Å²) < 4.78 is 5.10. The van der Waals surface area contributed by atoms with Crippen LogP contribution in [0, 0.1) is 6.92 Å². The first-order valence-corrected chi connectivity index (χ1v) is 7.75. The number of nitrogens with zero attached hydrogens (tertiary/aromatic N) is 2. The Kier molecular flexibility index (Phi) is 4.69. The maximum Gasteiger partial charge on any atom is 0.305 e. The minimum absolute atomic E-state index is 0.0233. The van der Waals surface area contributed by atoms with Crippen LogP contribution < -0.4 is 0 Å². The van der Waals surface area contributed by atoms with Crippen LogP contribution in [-0.4, -0.2) is 51.1 Å². The Labute approximate surface area is 121 Å². The normalized spacial score (nSPS) is 19.1. The Hall–Kier alpha value is -1.50. The van der Waals surface area contributed by atoms with Crippen molar-refractivity contribution in [2.24, 2.45) is 0 Å². The van der Waals surface area contributed by atoms with Crippen molar-refractivity contribution in [2.75, 3.05) is 18.1 Å². The molecular weight excluding hydrogens is 280 g/mol. The van der Waals surface area contributed by atoms with Crippen LogP contribution in [0.15, 0.2) is 4.52 Å². The smallest absolute Gasteiger partial charge is 0.305 e. The van der Waals surface area contributed by atoms with Crippen molar-refractivity contribution >= 4 is 23.6 Å². The summed E-state index contributed by atoms with van der Waals surface area (Å²) in [4.78, 5) is 25.3. The van der Waals surface area contributed by atoms with E-state index in [0.29, 0.717) is 35.7 Å². The molecule has 7 heteroatoms. The summed E-state index contributed by atoms with van der Waals surface area (Å²) in [6.07, 6.45) is 0.592. The first-order chi connectivity index (χ1) is 9.54. The second-order valence-electron chi connectivity index (χ2n) is 4.74. The Morgan fingerprint density at radius 1 is 1.55 bits per heavy atom. The average Bonchev–Trinajstić information content (AvgIpc) is 2.79. The predicted octanol–water partition coefficient (Wildman–Crippen LogP) is 1.58.